The van der Waals surface area contributed by atoms with Crippen molar-refractivity contribution in [3.05, 3.63) is 53.2 Å². The molecule has 0 bridgehead atoms. The van der Waals surface area contributed by atoms with Gasteiger partial charge in [0.05, 0.1) is 5.94 Å². The van der Waals surface area contributed by atoms with Gasteiger partial charge in [0.25, 0.3) is 5.91 Å². The summed E-state index contributed by atoms with van der Waals surface area (Å²) in [7, 11) is -1.93. The Balaban J connectivity index is 2.21. The standard InChI is InChI=1S/C15H16BN3O6/c17-12-7-9(4-5-18-12)14(21)19-11(16(24)25)6-8-2-1-3-10(13(8)20)15(22)23/h1-5,7,11,20,24-25H,6H2,(H2,17,18)(H,19,21)(H,22,23). The van der Waals surface area contributed by atoms with Crippen LogP contribution in [0.3, 0.4) is 0 Å². The molecule has 9 nitrogen and oxygen atoms in total. The number of anilines is 1. The van der Waals surface area contributed by atoms with Gasteiger partial charge < -0.3 is 31.3 Å². The fourth-order valence-electron chi connectivity index (χ4n) is 2.24. The largest absolute Gasteiger partial charge is 0.507 e. The molecule has 10 heteroatoms. The zero-order valence-corrected chi connectivity index (χ0v) is 13.0. The highest BCUT2D eigenvalue weighted by Gasteiger charge is 2.28. The first kappa shape index (κ1) is 18.2. The van der Waals surface area contributed by atoms with Gasteiger partial charge >= 0.3 is 13.1 Å². The molecule has 1 atom stereocenters. The lowest BCUT2D eigenvalue weighted by molar-refractivity contribution is 0.0693. The smallest absolute Gasteiger partial charge is 0.475 e. The lowest BCUT2D eigenvalue weighted by Crippen LogP contribution is -2.48. The summed E-state index contributed by atoms with van der Waals surface area (Å²) >= 11 is 0. The third kappa shape index (κ3) is 4.46. The number of carbonyl (C=O) groups excluding carboxylic acids is 1. The number of hydrogen-bond acceptors (Lipinski definition) is 7. The van der Waals surface area contributed by atoms with Crippen LogP contribution in [-0.4, -0.2) is 50.2 Å². The van der Waals surface area contributed by atoms with Crippen molar-refractivity contribution in [3.63, 3.8) is 0 Å². The van der Waals surface area contributed by atoms with Gasteiger partial charge in [-0.25, -0.2) is 9.78 Å². The Hall–Kier alpha value is -3.11. The molecule has 0 saturated heterocycles. The van der Waals surface area contributed by atoms with E-state index in [4.69, 9.17) is 10.8 Å². The number of carbonyl (C=O) groups is 2. The molecule has 25 heavy (non-hydrogen) atoms. The number of aromatic hydroxyl groups is 1. The predicted octanol–water partition coefficient (Wildman–Crippen LogP) is -0.579. The topological polar surface area (TPSA) is 166 Å². The summed E-state index contributed by atoms with van der Waals surface area (Å²) in [5, 5.41) is 40.4. The van der Waals surface area contributed by atoms with Crippen LogP contribution in [0.25, 0.3) is 0 Å². The molecular weight excluding hydrogens is 329 g/mol. The quantitative estimate of drug-likeness (QED) is 0.378. The van der Waals surface area contributed by atoms with Gasteiger partial charge in [0.2, 0.25) is 0 Å². The number of carboxylic acid groups (broad SMARTS) is 1. The van der Waals surface area contributed by atoms with Gasteiger partial charge in [-0.3, -0.25) is 4.79 Å². The molecule has 1 unspecified atom stereocenters. The van der Waals surface area contributed by atoms with E-state index in [0.717, 1.165) is 0 Å². The van der Waals surface area contributed by atoms with Crippen molar-refractivity contribution in [2.45, 2.75) is 12.4 Å². The Morgan fingerprint density at radius 3 is 2.60 bits per heavy atom. The Morgan fingerprint density at radius 2 is 2.00 bits per heavy atom. The van der Waals surface area contributed by atoms with E-state index in [9.17, 15) is 24.7 Å². The normalized spacial score (nSPS) is 11.6. The number of pyridine rings is 1. The molecule has 1 amide bonds. The van der Waals surface area contributed by atoms with Gasteiger partial charge in [-0.05, 0) is 30.2 Å². The van der Waals surface area contributed by atoms with E-state index in [-0.39, 0.29) is 28.9 Å². The van der Waals surface area contributed by atoms with Crippen molar-refractivity contribution >= 4 is 24.8 Å². The van der Waals surface area contributed by atoms with Crippen LogP contribution in [0.5, 0.6) is 5.75 Å². The molecule has 2 aromatic rings. The van der Waals surface area contributed by atoms with Crippen molar-refractivity contribution in [3.8, 4) is 5.75 Å². The Bertz CT molecular complexity index is 799. The second-order valence-corrected chi connectivity index (χ2v) is 5.29. The fourth-order valence-corrected chi connectivity index (χ4v) is 2.24. The number of carboxylic acids is 1. The van der Waals surface area contributed by atoms with E-state index in [1.165, 1.54) is 36.5 Å². The number of nitrogens with two attached hydrogens (primary N) is 1. The van der Waals surface area contributed by atoms with Crippen LogP contribution < -0.4 is 11.1 Å². The molecule has 7 N–H and O–H groups in total. The summed E-state index contributed by atoms with van der Waals surface area (Å²) in [6.45, 7) is 0. The SMILES string of the molecule is Nc1cc(C(=O)NC(Cc2cccc(C(=O)O)c2O)B(O)O)ccn1. The van der Waals surface area contributed by atoms with Crippen LogP contribution >= 0.6 is 0 Å². The molecule has 1 aromatic carbocycles. The third-order valence-corrected chi connectivity index (χ3v) is 3.51. The number of hydrogen-bond donors (Lipinski definition) is 6. The molecule has 0 radical (unpaired) electrons. The maximum absolute atomic E-state index is 12.2. The summed E-state index contributed by atoms with van der Waals surface area (Å²) in [5.41, 5.74) is 5.49. The Morgan fingerprint density at radius 1 is 1.28 bits per heavy atom. The van der Waals surface area contributed by atoms with Crippen LogP contribution in [0.15, 0.2) is 36.5 Å². The van der Waals surface area contributed by atoms with Crippen LogP contribution in [0.2, 0.25) is 0 Å². The predicted molar refractivity (Wildman–Crippen MR) is 88.9 cm³/mol. The number of nitrogens with one attached hydrogen (secondary N) is 1. The monoisotopic (exact) mass is 345 g/mol. The van der Waals surface area contributed by atoms with Crippen LogP contribution in [0.4, 0.5) is 5.82 Å². The van der Waals surface area contributed by atoms with E-state index < -0.39 is 30.7 Å². The zero-order valence-electron chi connectivity index (χ0n) is 13.0. The third-order valence-electron chi connectivity index (χ3n) is 3.51. The molecule has 130 valence electrons. The Kier molecular flexibility index (Phi) is 5.58. The lowest BCUT2D eigenvalue weighted by atomic mass is 9.75. The summed E-state index contributed by atoms with van der Waals surface area (Å²) in [4.78, 5) is 27.0. The molecule has 0 fully saturated rings. The number of phenols is 1. The minimum Gasteiger partial charge on any atom is -0.507 e. The van der Waals surface area contributed by atoms with Crippen LogP contribution in [0.1, 0.15) is 26.3 Å². The maximum Gasteiger partial charge on any atom is 0.475 e. The lowest BCUT2D eigenvalue weighted by Gasteiger charge is -2.19. The molecule has 2 rings (SSSR count). The molecule has 0 aliphatic carbocycles. The first-order valence-corrected chi connectivity index (χ1v) is 7.22. The van der Waals surface area contributed by atoms with Crippen LogP contribution in [0, 0.1) is 0 Å². The van der Waals surface area contributed by atoms with Gasteiger partial charge in [-0.2, -0.15) is 0 Å². The first-order valence-electron chi connectivity index (χ1n) is 7.22. The minimum atomic E-state index is -1.93. The summed E-state index contributed by atoms with van der Waals surface area (Å²) in [5.74, 6) is -3.50. The first-order chi connectivity index (χ1) is 11.8. The highest BCUT2D eigenvalue weighted by Crippen LogP contribution is 2.24. The zero-order chi connectivity index (χ0) is 18.6. The van der Waals surface area contributed by atoms with Crippen molar-refractivity contribution in [1.29, 1.82) is 0 Å². The maximum atomic E-state index is 12.2. The van der Waals surface area contributed by atoms with Crippen molar-refractivity contribution < 1.29 is 29.9 Å². The van der Waals surface area contributed by atoms with Gasteiger partial charge in [0.15, 0.2) is 0 Å². The van der Waals surface area contributed by atoms with E-state index >= 15 is 0 Å². The van der Waals surface area contributed by atoms with Gasteiger partial charge in [0.1, 0.15) is 17.1 Å². The molecule has 0 aliphatic heterocycles. The number of aromatic carboxylic acids is 1. The molecule has 0 saturated carbocycles. The fraction of sp³-hybridized carbons (Fsp3) is 0.133. The average Bonchev–Trinajstić information content (AvgIpc) is 2.55. The number of nitrogens with zero attached hydrogens (tertiary/aromatic N) is 1. The average molecular weight is 345 g/mol. The second kappa shape index (κ2) is 7.64. The summed E-state index contributed by atoms with van der Waals surface area (Å²) in [6, 6.07) is 6.76. The molecule has 0 spiro atoms. The van der Waals surface area contributed by atoms with Crippen molar-refractivity contribution in [2.75, 3.05) is 5.73 Å². The molecule has 1 heterocycles. The number of nitrogen functional groups attached to an aromatic ring is 1. The van der Waals surface area contributed by atoms with Crippen molar-refractivity contribution in [2.24, 2.45) is 0 Å². The van der Waals surface area contributed by atoms with Gasteiger partial charge in [-0.15, -0.1) is 0 Å². The van der Waals surface area contributed by atoms with E-state index in [1.54, 1.807) is 0 Å². The number of para-hydroxylation sites is 1. The number of rotatable bonds is 6. The minimum absolute atomic E-state index is 0.126. The molecule has 1 aromatic heterocycles. The van der Waals surface area contributed by atoms with Crippen LogP contribution in [-0.2, 0) is 6.42 Å². The van der Waals surface area contributed by atoms with Gasteiger partial charge in [0, 0.05) is 11.8 Å². The highest BCUT2D eigenvalue weighted by molar-refractivity contribution is 6.43. The number of amides is 1. The highest BCUT2D eigenvalue weighted by atomic mass is 16.4. The van der Waals surface area contributed by atoms with Crippen molar-refractivity contribution in [1.82, 2.24) is 10.3 Å². The second-order valence-electron chi connectivity index (χ2n) is 5.29. The molecular formula is C15H16BN3O6. The number of aromatic nitrogens is 1. The summed E-state index contributed by atoms with van der Waals surface area (Å²) < 4.78 is 0. The van der Waals surface area contributed by atoms with E-state index in [0.29, 0.717) is 0 Å². The molecule has 0 aliphatic rings. The van der Waals surface area contributed by atoms with E-state index in [1.807, 2.05) is 0 Å². The summed E-state index contributed by atoms with van der Waals surface area (Å²) in [6.07, 6.45) is 1.13. The van der Waals surface area contributed by atoms with Gasteiger partial charge in [-0.1, -0.05) is 12.1 Å². The number of benzene rings is 1. The Labute approximate surface area is 142 Å². The van der Waals surface area contributed by atoms with E-state index in [2.05, 4.69) is 10.3 Å².